The van der Waals surface area contributed by atoms with Crippen molar-refractivity contribution >= 4 is 39.1 Å². The minimum atomic E-state index is -3.80. The molecule has 0 aliphatic heterocycles. The second kappa shape index (κ2) is 11.7. The van der Waals surface area contributed by atoms with Crippen LogP contribution in [0, 0.1) is 13.8 Å². The van der Waals surface area contributed by atoms with E-state index in [9.17, 15) is 18.0 Å². The summed E-state index contributed by atoms with van der Waals surface area (Å²) in [6.07, 6.45) is 1.79. The summed E-state index contributed by atoms with van der Waals surface area (Å²) in [5.74, 6) is -0.780. The summed E-state index contributed by atoms with van der Waals surface area (Å²) in [4.78, 5) is 27.9. The highest BCUT2D eigenvalue weighted by molar-refractivity contribution is 7.92. The fourth-order valence-corrected chi connectivity index (χ4v) is 4.39. The molecule has 0 radical (unpaired) electrons. The number of nitrogens with zero attached hydrogens (tertiary/aromatic N) is 2. The van der Waals surface area contributed by atoms with Crippen molar-refractivity contribution in [2.75, 3.05) is 17.1 Å². The number of hydrogen-bond donors (Lipinski definition) is 1. The van der Waals surface area contributed by atoms with Crippen molar-refractivity contribution in [3.05, 3.63) is 64.2 Å². The van der Waals surface area contributed by atoms with Crippen LogP contribution in [-0.2, 0) is 26.2 Å². The number of anilines is 1. The first kappa shape index (κ1) is 27.7. The van der Waals surface area contributed by atoms with Crippen molar-refractivity contribution in [2.45, 2.75) is 59.7 Å². The van der Waals surface area contributed by atoms with Crippen LogP contribution in [0.2, 0.25) is 5.02 Å². The largest absolute Gasteiger partial charge is 0.352 e. The predicted molar refractivity (Wildman–Crippen MR) is 137 cm³/mol. The fraction of sp³-hybridized carbons (Fsp3) is 0.440. The van der Waals surface area contributed by atoms with Gasteiger partial charge >= 0.3 is 0 Å². The molecule has 0 saturated heterocycles. The Kier molecular flexibility index (Phi) is 9.53. The van der Waals surface area contributed by atoms with Gasteiger partial charge in [0.05, 0.1) is 11.9 Å². The van der Waals surface area contributed by atoms with Crippen LogP contribution in [0.1, 0.15) is 43.9 Å². The Morgan fingerprint density at radius 2 is 1.71 bits per heavy atom. The Balaban J connectivity index is 2.42. The second-order valence-electron chi connectivity index (χ2n) is 8.65. The molecule has 0 fully saturated rings. The van der Waals surface area contributed by atoms with Gasteiger partial charge in [-0.25, -0.2) is 8.42 Å². The summed E-state index contributed by atoms with van der Waals surface area (Å²) >= 11 is 6.22. The van der Waals surface area contributed by atoms with Crippen LogP contribution >= 0.6 is 11.6 Å². The Bertz CT molecular complexity index is 1140. The number of carbonyl (C=O) groups excluding carboxylic acids is 2. The van der Waals surface area contributed by atoms with Crippen LogP contribution < -0.4 is 9.62 Å². The number of sulfonamides is 1. The van der Waals surface area contributed by atoms with Crippen molar-refractivity contribution in [3.63, 3.8) is 0 Å². The monoisotopic (exact) mass is 507 g/mol. The summed E-state index contributed by atoms with van der Waals surface area (Å²) in [5.41, 5.74) is 2.93. The van der Waals surface area contributed by atoms with Gasteiger partial charge < -0.3 is 10.2 Å². The molecule has 0 unspecified atom stereocenters. The first-order valence-corrected chi connectivity index (χ1v) is 13.5. The van der Waals surface area contributed by atoms with E-state index in [2.05, 4.69) is 5.32 Å². The summed E-state index contributed by atoms with van der Waals surface area (Å²) in [6.45, 7) is 8.97. The maximum Gasteiger partial charge on any atom is 0.244 e. The number of rotatable bonds is 10. The second-order valence-corrected chi connectivity index (χ2v) is 11.0. The van der Waals surface area contributed by atoms with Gasteiger partial charge in [-0.3, -0.25) is 13.9 Å². The first-order valence-electron chi connectivity index (χ1n) is 11.2. The van der Waals surface area contributed by atoms with Crippen molar-refractivity contribution in [1.29, 1.82) is 0 Å². The van der Waals surface area contributed by atoms with E-state index in [0.717, 1.165) is 33.7 Å². The number of aryl methyl sites for hydroxylation is 2. The lowest BCUT2D eigenvalue weighted by Gasteiger charge is -2.32. The van der Waals surface area contributed by atoms with Crippen LogP contribution in [-0.4, -0.2) is 50.0 Å². The van der Waals surface area contributed by atoms with Gasteiger partial charge in [-0.15, -0.1) is 0 Å². The zero-order valence-corrected chi connectivity index (χ0v) is 22.2. The third kappa shape index (κ3) is 7.21. The molecule has 0 aliphatic rings. The van der Waals surface area contributed by atoms with Gasteiger partial charge in [-0.05, 0) is 62.9 Å². The molecule has 2 aromatic rings. The minimum Gasteiger partial charge on any atom is -0.352 e. The van der Waals surface area contributed by atoms with Crippen molar-refractivity contribution < 1.29 is 18.0 Å². The summed E-state index contributed by atoms with van der Waals surface area (Å²) in [6, 6.07) is 11.6. The zero-order valence-electron chi connectivity index (χ0n) is 20.6. The van der Waals surface area contributed by atoms with Crippen LogP contribution in [0.3, 0.4) is 0 Å². The van der Waals surface area contributed by atoms with Gasteiger partial charge in [-0.1, -0.05) is 48.9 Å². The van der Waals surface area contributed by atoms with E-state index in [1.165, 1.54) is 11.0 Å². The van der Waals surface area contributed by atoms with E-state index >= 15 is 0 Å². The van der Waals surface area contributed by atoms with Gasteiger partial charge in [0.25, 0.3) is 0 Å². The minimum absolute atomic E-state index is 0.0485. The molecule has 0 saturated carbocycles. The number of carbonyl (C=O) groups is 2. The molecule has 0 aliphatic carbocycles. The molecule has 0 aromatic heterocycles. The first-order chi connectivity index (χ1) is 15.8. The average Bonchev–Trinajstić information content (AvgIpc) is 2.77. The maximum absolute atomic E-state index is 13.5. The number of benzene rings is 2. The van der Waals surface area contributed by atoms with E-state index < -0.39 is 28.5 Å². The smallest absolute Gasteiger partial charge is 0.244 e. The highest BCUT2D eigenvalue weighted by atomic mass is 35.5. The number of amides is 2. The van der Waals surface area contributed by atoms with Crippen molar-refractivity contribution in [2.24, 2.45) is 0 Å². The topological polar surface area (TPSA) is 86.8 Å². The quantitative estimate of drug-likeness (QED) is 0.525. The molecule has 1 N–H and O–H groups in total. The van der Waals surface area contributed by atoms with Gasteiger partial charge in [0.2, 0.25) is 21.8 Å². The highest BCUT2D eigenvalue weighted by Crippen LogP contribution is 2.25. The molecule has 2 rings (SSSR count). The molecule has 2 aromatic carbocycles. The standard InChI is InChI=1S/C25H34ClN3O4S/c1-7-19(4)27-25(31)20(5)28(15-21-11-9-8-10-17(21)2)24(30)16-29(34(6,32)33)22-13-12-18(3)23(26)14-22/h8-14,19-20H,7,15-16H2,1-6H3,(H,27,31)/t19-,20+/m1/s1. The predicted octanol–water partition coefficient (Wildman–Crippen LogP) is 4.05. The van der Waals surface area contributed by atoms with E-state index in [1.807, 2.05) is 52.0 Å². The van der Waals surface area contributed by atoms with Crippen molar-refractivity contribution in [3.8, 4) is 0 Å². The van der Waals surface area contributed by atoms with Gasteiger partial charge in [0, 0.05) is 17.6 Å². The molecule has 34 heavy (non-hydrogen) atoms. The molecule has 9 heteroatoms. The molecule has 0 bridgehead atoms. The molecule has 2 amide bonds. The Hall–Kier alpha value is -2.58. The van der Waals surface area contributed by atoms with Crippen LogP contribution in [0.5, 0.6) is 0 Å². The lowest BCUT2D eigenvalue weighted by molar-refractivity contribution is -0.139. The summed E-state index contributed by atoms with van der Waals surface area (Å²) in [5, 5.41) is 3.31. The van der Waals surface area contributed by atoms with Crippen molar-refractivity contribution in [1.82, 2.24) is 10.2 Å². The van der Waals surface area contributed by atoms with E-state index in [0.29, 0.717) is 10.7 Å². The van der Waals surface area contributed by atoms with Crippen LogP contribution in [0.15, 0.2) is 42.5 Å². The number of hydrogen-bond acceptors (Lipinski definition) is 4. The van der Waals surface area contributed by atoms with Crippen LogP contribution in [0.4, 0.5) is 5.69 Å². The normalized spacial score (nSPS) is 13.1. The van der Waals surface area contributed by atoms with E-state index in [-0.39, 0.29) is 18.5 Å². The maximum atomic E-state index is 13.5. The number of nitrogens with one attached hydrogen (secondary N) is 1. The zero-order chi connectivity index (χ0) is 25.6. The van der Waals surface area contributed by atoms with Gasteiger partial charge in [-0.2, -0.15) is 0 Å². The molecule has 7 nitrogen and oxygen atoms in total. The van der Waals surface area contributed by atoms with E-state index in [1.54, 1.807) is 19.1 Å². The third-order valence-electron chi connectivity index (χ3n) is 5.89. The Morgan fingerprint density at radius 1 is 1.06 bits per heavy atom. The molecule has 0 heterocycles. The Labute approximate surface area is 208 Å². The average molecular weight is 508 g/mol. The Morgan fingerprint density at radius 3 is 2.26 bits per heavy atom. The lowest BCUT2D eigenvalue weighted by Crippen LogP contribution is -2.52. The highest BCUT2D eigenvalue weighted by Gasteiger charge is 2.30. The fourth-order valence-electron chi connectivity index (χ4n) is 3.37. The molecule has 186 valence electrons. The van der Waals surface area contributed by atoms with Crippen LogP contribution in [0.25, 0.3) is 0 Å². The lowest BCUT2D eigenvalue weighted by atomic mass is 10.1. The molecule has 2 atom stereocenters. The third-order valence-corrected chi connectivity index (χ3v) is 7.44. The molecular weight excluding hydrogens is 474 g/mol. The molecule has 0 spiro atoms. The number of halogens is 1. The van der Waals surface area contributed by atoms with Gasteiger partial charge in [0.1, 0.15) is 12.6 Å². The summed E-state index contributed by atoms with van der Waals surface area (Å²) in [7, 11) is -3.80. The molecular formula is C25H34ClN3O4S. The summed E-state index contributed by atoms with van der Waals surface area (Å²) < 4.78 is 26.3. The van der Waals surface area contributed by atoms with Gasteiger partial charge in [0.15, 0.2) is 0 Å². The SMILES string of the molecule is CC[C@@H](C)NC(=O)[C@H](C)N(Cc1ccccc1C)C(=O)CN(c1ccc(C)c(Cl)c1)S(C)(=O)=O. The van der Waals surface area contributed by atoms with E-state index in [4.69, 9.17) is 11.6 Å².